The Morgan fingerprint density at radius 1 is 1.29 bits per heavy atom. The van der Waals surface area contributed by atoms with E-state index in [0.717, 1.165) is 10.7 Å². The fraction of sp³-hybridized carbons (Fsp3) is 0.500. The molecule has 1 aromatic carbocycles. The number of alkyl halides is 3. The average molecular weight is 396 g/mol. The van der Waals surface area contributed by atoms with Crippen molar-refractivity contribution in [2.24, 2.45) is 0 Å². The van der Waals surface area contributed by atoms with E-state index in [-0.39, 0.29) is 31.2 Å². The van der Waals surface area contributed by atoms with Gasteiger partial charge in [-0.05, 0) is 18.1 Å². The van der Waals surface area contributed by atoms with E-state index in [0.29, 0.717) is 25.3 Å². The molecule has 0 aliphatic carbocycles. The molecule has 1 aromatic heterocycles. The number of amides is 1. The number of fused-ring (bicyclic) bond motifs is 1. The summed E-state index contributed by atoms with van der Waals surface area (Å²) in [6.07, 6.45) is -3.91. The molecule has 1 saturated heterocycles. The zero-order chi connectivity index (χ0) is 20.1. The van der Waals surface area contributed by atoms with Gasteiger partial charge in [0.1, 0.15) is 12.2 Å². The minimum atomic E-state index is -4.51. The number of carbonyl (C=O) groups is 1. The maximum Gasteiger partial charge on any atom is 0.416 e. The van der Waals surface area contributed by atoms with Crippen molar-refractivity contribution < 1.29 is 22.7 Å². The van der Waals surface area contributed by atoms with Gasteiger partial charge in [-0.15, -0.1) is 0 Å². The van der Waals surface area contributed by atoms with Crippen LogP contribution in [0.4, 0.5) is 13.2 Å². The van der Waals surface area contributed by atoms with Crippen LogP contribution in [0.25, 0.3) is 0 Å². The molecular formula is C18H19F3N4O3. The van der Waals surface area contributed by atoms with Crippen LogP contribution in [-0.2, 0) is 35.4 Å². The predicted octanol–water partition coefficient (Wildman–Crippen LogP) is 1.63. The number of carbonyl (C=O) groups excluding carboxylic acids is 1. The van der Waals surface area contributed by atoms with E-state index in [1.54, 1.807) is 4.90 Å². The van der Waals surface area contributed by atoms with Crippen LogP contribution in [0.3, 0.4) is 0 Å². The molecule has 0 N–H and O–H groups in total. The molecule has 0 saturated carbocycles. The summed E-state index contributed by atoms with van der Waals surface area (Å²) in [5.74, 6) is 0.319. The maximum atomic E-state index is 13.2. The molecule has 0 bridgehead atoms. The van der Waals surface area contributed by atoms with Crippen LogP contribution in [0.2, 0.25) is 0 Å². The summed E-state index contributed by atoms with van der Waals surface area (Å²) >= 11 is 0. The van der Waals surface area contributed by atoms with Crippen molar-refractivity contribution in [2.45, 2.75) is 44.8 Å². The molecule has 28 heavy (non-hydrogen) atoms. The highest BCUT2D eigenvalue weighted by molar-refractivity contribution is 5.73. The van der Waals surface area contributed by atoms with Crippen LogP contribution in [0.15, 0.2) is 29.1 Å². The van der Waals surface area contributed by atoms with Crippen LogP contribution in [0, 0.1) is 0 Å². The molecule has 1 unspecified atom stereocenters. The Morgan fingerprint density at radius 2 is 2.04 bits per heavy atom. The molecule has 2 aliphatic heterocycles. The highest BCUT2D eigenvalue weighted by Gasteiger charge is 2.44. The van der Waals surface area contributed by atoms with Crippen LogP contribution in [0.5, 0.6) is 0 Å². The molecule has 1 amide bonds. The molecule has 2 aliphatic rings. The Balaban J connectivity index is 1.62. The second kappa shape index (κ2) is 6.47. The third kappa shape index (κ3) is 3.21. The van der Waals surface area contributed by atoms with E-state index in [1.165, 1.54) is 29.7 Å². The number of nitrogens with zero attached hydrogens (tertiary/aromatic N) is 4. The van der Waals surface area contributed by atoms with E-state index in [2.05, 4.69) is 5.10 Å². The van der Waals surface area contributed by atoms with Gasteiger partial charge in [-0.3, -0.25) is 9.36 Å². The lowest BCUT2D eigenvalue weighted by molar-refractivity contribution is -0.138. The van der Waals surface area contributed by atoms with Gasteiger partial charge in [0.05, 0.1) is 25.2 Å². The molecule has 7 nitrogen and oxygen atoms in total. The second-order valence-electron chi connectivity index (χ2n) is 7.26. The van der Waals surface area contributed by atoms with Crippen LogP contribution in [-0.4, -0.2) is 43.8 Å². The number of benzene rings is 1. The zero-order valence-corrected chi connectivity index (χ0v) is 15.2. The molecule has 2 aromatic rings. The van der Waals surface area contributed by atoms with Gasteiger partial charge in [-0.2, -0.15) is 18.3 Å². The van der Waals surface area contributed by atoms with Crippen molar-refractivity contribution in [1.29, 1.82) is 0 Å². The molecule has 4 rings (SSSR count). The Bertz CT molecular complexity index is 981. The lowest BCUT2D eigenvalue weighted by atomic mass is 10.0. The van der Waals surface area contributed by atoms with Gasteiger partial charge in [-0.1, -0.05) is 18.2 Å². The Morgan fingerprint density at radius 3 is 2.71 bits per heavy atom. The van der Waals surface area contributed by atoms with Gasteiger partial charge in [-0.25, -0.2) is 9.48 Å². The molecular weight excluding hydrogens is 377 g/mol. The molecule has 1 atom stereocenters. The van der Waals surface area contributed by atoms with Gasteiger partial charge in [0.25, 0.3) is 0 Å². The van der Waals surface area contributed by atoms with Gasteiger partial charge >= 0.3 is 11.9 Å². The summed E-state index contributed by atoms with van der Waals surface area (Å²) in [4.78, 5) is 26.0. The first-order valence-electron chi connectivity index (χ1n) is 8.90. The lowest BCUT2D eigenvalue weighted by Crippen LogP contribution is -2.47. The van der Waals surface area contributed by atoms with Crippen molar-refractivity contribution in [1.82, 2.24) is 19.2 Å². The lowest BCUT2D eigenvalue weighted by Gasteiger charge is -2.33. The third-order valence-electron chi connectivity index (χ3n) is 5.36. The number of hydrogen-bond acceptors (Lipinski definition) is 4. The standard InChI is InChI=1S/C18H19F3N4O3/c1-12(26)23-7-6-17(10-23)11-24-15(9-28-17)22-25(16(24)27)8-13-4-2-3-5-14(13)18(19,20)21/h2-5H,6-11H2,1H3. The Kier molecular flexibility index (Phi) is 4.33. The predicted molar refractivity (Wildman–Crippen MR) is 91.4 cm³/mol. The summed E-state index contributed by atoms with van der Waals surface area (Å²) in [5, 5.41) is 4.17. The summed E-state index contributed by atoms with van der Waals surface area (Å²) in [5.41, 5.74) is -1.93. The summed E-state index contributed by atoms with van der Waals surface area (Å²) in [7, 11) is 0. The van der Waals surface area contributed by atoms with Crippen molar-refractivity contribution in [3.8, 4) is 0 Å². The molecule has 0 radical (unpaired) electrons. The second-order valence-corrected chi connectivity index (χ2v) is 7.26. The van der Waals surface area contributed by atoms with Crippen molar-refractivity contribution in [3.05, 3.63) is 51.7 Å². The third-order valence-corrected chi connectivity index (χ3v) is 5.36. The summed E-state index contributed by atoms with van der Waals surface area (Å²) in [6.45, 7) is 2.44. The van der Waals surface area contributed by atoms with Gasteiger partial charge < -0.3 is 9.64 Å². The number of likely N-dealkylation sites (tertiary alicyclic amines) is 1. The van der Waals surface area contributed by atoms with E-state index in [9.17, 15) is 22.8 Å². The largest absolute Gasteiger partial charge is 0.416 e. The minimum Gasteiger partial charge on any atom is -0.363 e. The number of halogens is 3. The topological polar surface area (TPSA) is 69.4 Å². The average Bonchev–Trinajstić information content (AvgIpc) is 3.18. The highest BCUT2D eigenvalue weighted by atomic mass is 19.4. The van der Waals surface area contributed by atoms with Crippen LogP contribution >= 0.6 is 0 Å². The maximum absolute atomic E-state index is 13.2. The normalized spacial score (nSPS) is 21.9. The molecule has 1 spiro atoms. The summed E-state index contributed by atoms with van der Waals surface area (Å²) < 4.78 is 48.1. The summed E-state index contributed by atoms with van der Waals surface area (Å²) in [6, 6.07) is 5.14. The molecule has 3 heterocycles. The van der Waals surface area contributed by atoms with Gasteiger partial charge in [0, 0.05) is 13.5 Å². The fourth-order valence-corrected chi connectivity index (χ4v) is 3.86. The zero-order valence-electron chi connectivity index (χ0n) is 15.2. The van der Waals surface area contributed by atoms with Crippen molar-refractivity contribution >= 4 is 5.91 Å². The first-order valence-corrected chi connectivity index (χ1v) is 8.90. The fourth-order valence-electron chi connectivity index (χ4n) is 3.86. The van der Waals surface area contributed by atoms with Gasteiger partial charge in [0.2, 0.25) is 5.91 Å². The van der Waals surface area contributed by atoms with E-state index < -0.39 is 23.0 Å². The molecule has 10 heteroatoms. The van der Waals surface area contributed by atoms with E-state index >= 15 is 0 Å². The van der Waals surface area contributed by atoms with Crippen molar-refractivity contribution in [3.63, 3.8) is 0 Å². The number of aromatic nitrogens is 3. The van der Waals surface area contributed by atoms with E-state index in [4.69, 9.17) is 4.74 Å². The quantitative estimate of drug-likeness (QED) is 0.774. The van der Waals surface area contributed by atoms with Crippen LogP contribution < -0.4 is 5.69 Å². The highest BCUT2D eigenvalue weighted by Crippen LogP contribution is 2.33. The smallest absolute Gasteiger partial charge is 0.363 e. The monoisotopic (exact) mass is 396 g/mol. The first kappa shape index (κ1) is 18.7. The number of hydrogen-bond donors (Lipinski definition) is 0. The SMILES string of the molecule is CC(=O)N1CCC2(C1)Cn1c(nn(Cc3ccccc3C(F)(F)F)c1=O)CO2. The van der Waals surface area contributed by atoms with E-state index in [1.807, 2.05) is 0 Å². The van der Waals surface area contributed by atoms with Gasteiger partial charge in [0.15, 0.2) is 5.82 Å². The number of rotatable bonds is 2. The van der Waals surface area contributed by atoms with Crippen LogP contribution in [0.1, 0.15) is 30.3 Å². The Labute approximate surface area is 158 Å². The molecule has 1 fully saturated rings. The first-order chi connectivity index (χ1) is 13.2. The Hall–Kier alpha value is -2.62. The molecule has 150 valence electrons. The van der Waals surface area contributed by atoms with Crippen molar-refractivity contribution in [2.75, 3.05) is 13.1 Å². The minimum absolute atomic E-state index is 0.0215. The number of ether oxygens (including phenoxy) is 1.